The van der Waals surface area contributed by atoms with Crippen molar-refractivity contribution >= 4 is 34.6 Å². The maximum absolute atomic E-state index is 13.4. The van der Waals surface area contributed by atoms with E-state index in [-0.39, 0.29) is 17.2 Å². The number of benzene rings is 3. The van der Waals surface area contributed by atoms with Crippen molar-refractivity contribution in [1.82, 2.24) is 0 Å². The van der Waals surface area contributed by atoms with Crippen molar-refractivity contribution < 1.29 is 14.1 Å². The molecule has 0 radical (unpaired) electrons. The summed E-state index contributed by atoms with van der Waals surface area (Å²) in [5.41, 5.74) is 1.40. The van der Waals surface area contributed by atoms with Crippen LogP contribution in [-0.2, 0) is 0 Å². The largest absolute Gasteiger partial charge is 0.360 e. The Bertz CT molecular complexity index is 1090. The molecule has 1 atom stereocenters. The van der Waals surface area contributed by atoms with Crippen LogP contribution in [0, 0.1) is 15.9 Å². The third kappa shape index (κ3) is 3.05. The zero-order chi connectivity index (χ0) is 19.8. The second-order valence-corrected chi connectivity index (χ2v) is 6.64. The molecule has 0 aromatic heterocycles. The van der Waals surface area contributed by atoms with E-state index in [1.54, 1.807) is 24.3 Å². The van der Waals surface area contributed by atoms with Gasteiger partial charge in [-0.3, -0.25) is 19.8 Å². The predicted molar refractivity (Wildman–Crippen MR) is 104 cm³/mol. The van der Waals surface area contributed by atoms with Crippen molar-refractivity contribution in [3.8, 4) is 0 Å². The highest BCUT2D eigenvalue weighted by Crippen LogP contribution is 2.40. The zero-order valence-corrected chi connectivity index (χ0v) is 15.1. The van der Waals surface area contributed by atoms with Gasteiger partial charge in [0.05, 0.1) is 16.1 Å². The Morgan fingerprint density at radius 3 is 2.50 bits per heavy atom. The van der Waals surface area contributed by atoms with Gasteiger partial charge in [-0.1, -0.05) is 23.7 Å². The van der Waals surface area contributed by atoms with Gasteiger partial charge in [-0.25, -0.2) is 4.39 Å². The first kappa shape index (κ1) is 17.9. The molecule has 28 heavy (non-hydrogen) atoms. The number of para-hydroxylation sites is 1. The third-order valence-electron chi connectivity index (χ3n) is 4.51. The SMILES string of the molecule is O=C1c2ccccc2NC(c2cc(Cl)ccc2[N+](=O)[O-])N1c1ccc(F)cc1. The lowest BCUT2D eigenvalue weighted by Crippen LogP contribution is -2.43. The molecule has 0 aliphatic carbocycles. The molecular formula is C20H13ClFN3O3. The topological polar surface area (TPSA) is 75.5 Å². The summed E-state index contributed by atoms with van der Waals surface area (Å²) in [6.45, 7) is 0. The quantitative estimate of drug-likeness (QED) is 0.489. The molecule has 0 fully saturated rings. The van der Waals surface area contributed by atoms with Gasteiger partial charge in [-0.2, -0.15) is 0 Å². The molecule has 3 aromatic carbocycles. The van der Waals surface area contributed by atoms with E-state index in [0.717, 1.165) is 0 Å². The molecule has 0 bridgehead atoms. The molecule has 0 saturated carbocycles. The fourth-order valence-electron chi connectivity index (χ4n) is 3.25. The number of nitrogens with one attached hydrogen (secondary N) is 1. The molecule has 4 rings (SSSR count). The standard InChI is InChI=1S/C20H13ClFN3O3/c21-12-5-10-18(25(27)28)16(11-12)19-23-17-4-2-1-3-15(17)20(26)24(19)14-8-6-13(22)7-9-14/h1-11,19,23H. The van der Waals surface area contributed by atoms with E-state index in [2.05, 4.69) is 5.32 Å². The summed E-state index contributed by atoms with van der Waals surface area (Å²) in [5.74, 6) is -0.813. The molecule has 0 saturated heterocycles. The average Bonchev–Trinajstić information content (AvgIpc) is 2.68. The average molecular weight is 398 g/mol. The minimum Gasteiger partial charge on any atom is -0.360 e. The third-order valence-corrected chi connectivity index (χ3v) is 4.75. The first-order valence-corrected chi connectivity index (χ1v) is 8.72. The van der Waals surface area contributed by atoms with Gasteiger partial charge in [0, 0.05) is 22.5 Å². The van der Waals surface area contributed by atoms with Gasteiger partial charge in [-0.15, -0.1) is 0 Å². The first-order valence-electron chi connectivity index (χ1n) is 8.34. The summed E-state index contributed by atoms with van der Waals surface area (Å²) in [6, 6.07) is 16.4. The van der Waals surface area contributed by atoms with Crippen molar-refractivity contribution in [2.75, 3.05) is 10.2 Å². The number of nitro benzene ring substituents is 1. The fourth-order valence-corrected chi connectivity index (χ4v) is 3.43. The molecule has 1 N–H and O–H groups in total. The van der Waals surface area contributed by atoms with E-state index < -0.39 is 16.9 Å². The number of anilines is 2. The Hall–Kier alpha value is -3.45. The van der Waals surface area contributed by atoms with Crippen LogP contribution in [0.15, 0.2) is 66.7 Å². The smallest absolute Gasteiger partial charge is 0.276 e. The molecule has 3 aromatic rings. The molecule has 1 amide bonds. The normalized spacial score (nSPS) is 15.7. The van der Waals surface area contributed by atoms with Crippen LogP contribution in [0.25, 0.3) is 0 Å². The van der Waals surface area contributed by atoms with Gasteiger partial charge in [0.25, 0.3) is 11.6 Å². The van der Waals surface area contributed by atoms with Gasteiger partial charge in [-0.05, 0) is 48.5 Å². The summed E-state index contributed by atoms with van der Waals surface area (Å²) in [5, 5.41) is 15.0. The molecule has 1 heterocycles. The number of carbonyl (C=O) groups is 1. The van der Waals surface area contributed by atoms with E-state index in [1.165, 1.54) is 47.4 Å². The number of fused-ring (bicyclic) bond motifs is 1. The second kappa shape index (κ2) is 6.94. The number of carbonyl (C=O) groups excluding carboxylic acids is 1. The molecule has 8 heteroatoms. The molecule has 140 valence electrons. The lowest BCUT2D eigenvalue weighted by atomic mass is 10.0. The predicted octanol–water partition coefficient (Wildman–Crippen LogP) is 5.16. The van der Waals surface area contributed by atoms with Crippen LogP contribution in [0.3, 0.4) is 0 Å². The molecular weight excluding hydrogens is 385 g/mol. The lowest BCUT2D eigenvalue weighted by molar-refractivity contribution is -0.385. The molecule has 0 spiro atoms. The monoisotopic (exact) mass is 397 g/mol. The van der Waals surface area contributed by atoms with Crippen LogP contribution < -0.4 is 10.2 Å². The van der Waals surface area contributed by atoms with Gasteiger partial charge in [0.15, 0.2) is 0 Å². The summed E-state index contributed by atoms with van der Waals surface area (Å²) >= 11 is 6.09. The van der Waals surface area contributed by atoms with Crippen LogP contribution in [0.5, 0.6) is 0 Å². The van der Waals surface area contributed by atoms with E-state index >= 15 is 0 Å². The summed E-state index contributed by atoms with van der Waals surface area (Å²) in [4.78, 5) is 25.6. The number of hydrogen-bond acceptors (Lipinski definition) is 4. The molecule has 1 aliphatic heterocycles. The Morgan fingerprint density at radius 1 is 1.07 bits per heavy atom. The highest BCUT2D eigenvalue weighted by molar-refractivity contribution is 6.30. The van der Waals surface area contributed by atoms with E-state index in [1.807, 2.05) is 0 Å². The van der Waals surface area contributed by atoms with Gasteiger partial charge in [0.1, 0.15) is 12.0 Å². The maximum Gasteiger partial charge on any atom is 0.276 e. The number of rotatable bonds is 3. The van der Waals surface area contributed by atoms with Crippen molar-refractivity contribution in [2.45, 2.75) is 6.17 Å². The van der Waals surface area contributed by atoms with Crippen molar-refractivity contribution in [3.63, 3.8) is 0 Å². The Labute approximate surface area is 164 Å². The lowest BCUT2D eigenvalue weighted by Gasteiger charge is -2.37. The van der Waals surface area contributed by atoms with Crippen LogP contribution >= 0.6 is 11.6 Å². The van der Waals surface area contributed by atoms with Crippen LogP contribution in [0.4, 0.5) is 21.5 Å². The Morgan fingerprint density at radius 2 is 1.79 bits per heavy atom. The first-order chi connectivity index (χ1) is 13.5. The minimum absolute atomic E-state index is 0.179. The van der Waals surface area contributed by atoms with Crippen LogP contribution in [0.1, 0.15) is 22.1 Å². The maximum atomic E-state index is 13.4. The second-order valence-electron chi connectivity index (χ2n) is 6.20. The van der Waals surface area contributed by atoms with Crippen molar-refractivity contribution in [1.29, 1.82) is 0 Å². The number of amides is 1. The number of nitrogens with zero attached hydrogens (tertiary/aromatic N) is 2. The zero-order valence-electron chi connectivity index (χ0n) is 14.3. The summed E-state index contributed by atoms with van der Waals surface area (Å²) in [7, 11) is 0. The highest BCUT2D eigenvalue weighted by atomic mass is 35.5. The van der Waals surface area contributed by atoms with Crippen molar-refractivity contribution in [3.05, 3.63) is 98.8 Å². The van der Waals surface area contributed by atoms with Gasteiger partial charge < -0.3 is 5.32 Å². The highest BCUT2D eigenvalue weighted by Gasteiger charge is 2.37. The Balaban J connectivity index is 1.93. The number of halogens is 2. The Kier molecular flexibility index (Phi) is 4.44. The van der Waals surface area contributed by atoms with Crippen LogP contribution in [0.2, 0.25) is 5.02 Å². The molecule has 1 unspecified atom stereocenters. The van der Waals surface area contributed by atoms with E-state index in [0.29, 0.717) is 22.0 Å². The number of hydrogen-bond donors (Lipinski definition) is 1. The summed E-state index contributed by atoms with van der Waals surface area (Å²) in [6.07, 6.45) is -0.896. The molecule has 6 nitrogen and oxygen atoms in total. The minimum atomic E-state index is -0.896. The number of nitro groups is 1. The molecule has 1 aliphatic rings. The van der Waals surface area contributed by atoms with Gasteiger partial charge in [0.2, 0.25) is 0 Å². The van der Waals surface area contributed by atoms with E-state index in [9.17, 15) is 19.3 Å². The van der Waals surface area contributed by atoms with Gasteiger partial charge >= 0.3 is 0 Å². The van der Waals surface area contributed by atoms with Crippen molar-refractivity contribution in [2.24, 2.45) is 0 Å². The fraction of sp³-hybridized carbons (Fsp3) is 0.0500. The van der Waals surface area contributed by atoms with Crippen LogP contribution in [-0.4, -0.2) is 10.8 Å². The summed E-state index contributed by atoms with van der Waals surface area (Å²) < 4.78 is 13.4. The van der Waals surface area contributed by atoms with E-state index in [4.69, 9.17) is 11.6 Å².